The van der Waals surface area contributed by atoms with Crippen molar-refractivity contribution in [1.82, 2.24) is 4.90 Å². The van der Waals surface area contributed by atoms with Gasteiger partial charge in [0.25, 0.3) is 0 Å². The van der Waals surface area contributed by atoms with E-state index in [0.717, 1.165) is 0 Å². The predicted octanol–water partition coefficient (Wildman–Crippen LogP) is 2.20. The lowest BCUT2D eigenvalue weighted by molar-refractivity contribution is -0.252. The van der Waals surface area contributed by atoms with E-state index < -0.39 is 43.2 Å². The fraction of sp³-hybridized carbons (Fsp3) is 0.308. The Hall–Kier alpha value is -2.68. The van der Waals surface area contributed by atoms with E-state index in [9.17, 15) is 30.5 Å². The number of hydrogen-bond acceptors (Lipinski definition) is 9. The number of benzene rings is 2. The van der Waals surface area contributed by atoms with E-state index in [2.05, 4.69) is 18.7 Å². The third-order valence-electron chi connectivity index (χ3n) is 6.41. The second-order valence-corrected chi connectivity index (χ2v) is 9.47. The number of carbonyl (C=O) groups excluding carboxylic acids is 1. The van der Waals surface area contributed by atoms with E-state index in [1.165, 1.54) is 11.8 Å². The molecule has 0 saturated carbocycles. The summed E-state index contributed by atoms with van der Waals surface area (Å²) in [6.45, 7) is 0.745. The van der Waals surface area contributed by atoms with Crippen LogP contribution in [0.1, 0.15) is 24.0 Å². The Balaban J connectivity index is 2.01. The first-order chi connectivity index (χ1) is 17.2. The van der Waals surface area contributed by atoms with Crippen LogP contribution in [-0.2, 0) is 9.53 Å². The molecule has 2 aromatic rings. The molecule has 2 aliphatic rings. The smallest absolute Gasteiger partial charge is 0.164 e. The molecule has 0 unspecified atom stereocenters. The minimum atomic E-state index is -1.67. The van der Waals surface area contributed by atoms with Gasteiger partial charge in [0, 0.05) is 10.6 Å². The van der Waals surface area contributed by atoms with Crippen molar-refractivity contribution in [3.05, 3.63) is 86.9 Å². The average Bonchev–Trinajstić information content (AvgIpc) is 2.88. The molecule has 36 heavy (non-hydrogen) atoms. The van der Waals surface area contributed by atoms with Crippen LogP contribution in [0.3, 0.4) is 0 Å². The molecular formula is C26H25ClN2O6S. The van der Waals surface area contributed by atoms with Crippen LogP contribution in [0.5, 0.6) is 0 Å². The van der Waals surface area contributed by atoms with Gasteiger partial charge in [-0.2, -0.15) is 5.26 Å². The highest BCUT2D eigenvalue weighted by molar-refractivity contribution is 7.84. The number of rotatable bonds is 5. The maximum absolute atomic E-state index is 13.2. The summed E-state index contributed by atoms with van der Waals surface area (Å²) < 4.78 is 5.83. The zero-order valence-electron chi connectivity index (χ0n) is 19.2. The van der Waals surface area contributed by atoms with E-state index >= 15 is 0 Å². The predicted molar refractivity (Wildman–Crippen MR) is 135 cm³/mol. The molecule has 0 radical (unpaired) electrons. The lowest BCUT2D eigenvalue weighted by atomic mass is 9.78. The molecule has 4 rings (SSSR count). The highest BCUT2D eigenvalue weighted by Gasteiger charge is 2.49. The van der Waals surface area contributed by atoms with Gasteiger partial charge in [-0.1, -0.05) is 54.1 Å². The minimum Gasteiger partial charge on any atom is -0.394 e. The van der Waals surface area contributed by atoms with Crippen molar-refractivity contribution in [2.75, 3.05) is 6.61 Å². The third kappa shape index (κ3) is 4.58. The lowest BCUT2D eigenvalue weighted by Crippen LogP contribution is -2.62. The molecule has 2 aromatic carbocycles. The molecule has 0 spiro atoms. The van der Waals surface area contributed by atoms with Crippen molar-refractivity contribution in [3.63, 3.8) is 0 Å². The van der Waals surface area contributed by atoms with Gasteiger partial charge in [0.2, 0.25) is 0 Å². The van der Waals surface area contributed by atoms with E-state index in [1.807, 2.05) is 0 Å². The Morgan fingerprint density at radius 1 is 1.08 bits per heavy atom. The SMILES string of the molecule is CC(=O)C1=C(c2ccccc2)N([C@@H]2O[C@@H](CO)[C@@H](O)[C@@H](O)[C@H]2O)C(S)=C(C#N)[C@@H]1c1ccc(Cl)cc1. The summed E-state index contributed by atoms with van der Waals surface area (Å²) in [4.78, 5) is 14.6. The number of aliphatic hydroxyl groups excluding tert-OH is 4. The molecule has 2 heterocycles. The highest BCUT2D eigenvalue weighted by Crippen LogP contribution is 2.48. The van der Waals surface area contributed by atoms with Gasteiger partial charge in [-0.25, -0.2) is 0 Å². The summed E-state index contributed by atoms with van der Waals surface area (Å²) in [5.41, 5.74) is 1.88. The Morgan fingerprint density at radius 2 is 1.72 bits per heavy atom. The van der Waals surface area contributed by atoms with Gasteiger partial charge in [-0.05, 0) is 30.2 Å². The van der Waals surface area contributed by atoms with E-state index in [-0.39, 0.29) is 22.0 Å². The molecular weight excluding hydrogens is 504 g/mol. The van der Waals surface area contributed by atoms with E-state index in [0.29, 0.717) is 21.8 Å². The Kier molecular flexibility index (Phi) is 7.87. The van der Waals surface area contributed by atoms with Crippen molar-refractivity contribution in [3.8, 4) is 6.07 Å². The molecule has 0 bridgehead atoms. The molecule has 0 aromatic heterocycles. The summed E-state index contributed by atoms with van der Waals surface area (Å²) in [7, 11) is 0. The molecule has 10 heteroatoms. The Labute approximate surface area is 218 Å². The van der Waals surface area contributed by atoms with Crippen LogP contribution in [0, 0.1) is 11.3 Å². The van der Waals surface area contributed by atoms with Crippen LogP contribution in [-0.4, -0.2) is 68.4 Å². The maximum atomic E-state index is 13.2. The van der Waals surface area contributed by atoms with Crippen LogP contribution < -0.4 is 0 Å². The number of halogens is 1. The number of hydrogen-bond donors (Lipinski definition) is 5. The van der Waals surface area contributed by atoms with Crippen molar-refractivity contribution in [1.29, 1.82) is 5.26 Å². The number of allylic oxidation sites excluding steroid dienone is 2. The number of nitrogens with zero attached hydrogens (tertiary/aromatic N) is 2. The Morgan fingerprint density at radius 3 is 2.28 bits per heavy atom. The van der Waals surface area contributed by atoms with Gasteiger partial charge in [0.05, 0.1) is 34.9 Å². The van der Waals surface area contributed by atoms with Gasteiger partial charge < -0.3 is 30.1 Å². The average molecular weight is 529 g/mol. The summed E-state index contributed by atoms with van der Waals surface area (Å²) in [6, 6.07) is 17.8. The fourth-order valence-corrected chi connectivity index (χ4v) is 5.20. The molecule has 1 fully saturated rings. The highest BCUT2D eigenvalue weighted by atomic mass is 35.5. The molecule has 0 amide bonds. The van der Waals surface area contributed by atoms with Crippen LogP contribution in [0.15, 0.2) is 70.8 Å². The van der Waals surface area contributed by atoms with Crippen molar-refractivity contribution < 1.29 is 30.0 Å². The largest absolute Gasteiger partial charge is 0.394 e. The number of aliphatic hydroxyl groups is 4. The minimum absolute atomic E-state index is 0.0885. The summed E-state index contributed by atoms with van der Waals surface area (Å²) >= 11 is 10.7. The van der Waals surface area contributed by atoms with Gasteiger partial charge in [0.15, 0.2) is 12.0 Å². The van der Waals surface area contributed by atoms with Crippen molar-refractivity contribution in [2.24, 2.45) is 0 Å². The van der Waals surface area contributed by atoms with Gasteiger partial charge >= 0.3 is 0 Å². The van der Waals surface area contributed by atoms with Crippen molar-refractivity contribution >= 4 is 35.7 Å². The standard InChI is InChI=1S/C26H25ClN2O6S/c1-13(31)19-20(14-7-9-16(27)10-8-14)17(11-28)26(36)29(21(19)15-5-3-2-4-6-15)25-24(34)23(33)22(32)18(12-30)35-25/h2-10,18,20,22-25,30,32-34,36H,12H2,1H3/t18-,20-,22+,23+,24+,25+/m0/s1. The van der Waals surface area contributed by atoms with Gasteiger partial charge in [-0.15, -0.1) is 12.6 Å². The monoisotopic (exact) mass is 528 g/mol. The van der Waals surface area contributed by atoms with Crippen LogP contribution in [0.25, 0.3) is 5.70 Å². The first-order valence-electron chi connectivity index (χ1n) is 11.2. The normalized spacial score (nSPS) is 28.8. The number of Topliss-reactive ketones (excluding diaryl/α,β-unsaturated/α-hetero) is 1. The first kappa shape index (κ1) is 26.4. The summed E-state index contributed by atoms with van der Waals surface area (Å²) in [5, 5.41) is 52.2. The quantitative estimate of drug-likeness (QED) is 0.373. The molecule has 0 aliphatic carbocycles. The number of ether oxygens (including phenoxy) is 1. The topological polar surface area (TPSA) is 134 Å². The molecule has 2 aliphatic heterocycles. The molecule has 4 N–H and O–H groups in total. The summed E-state index contributed by atoms with van der Waals surface area (Å²) in [5.74, 6) is -1.13. The zero-order valence-corrected chi connectivity index (χ0v) is 20.8. The molecule has 188 valence electrons. The maximum Gasteiger partial charge on any atom is 0.164 e. The number of ketones is 1. The van der Waals surface area contributed by atoms with Crippen LogP contribution >= 0.6 is 24.2 Å². The summed E-state index contributed by atoms with van der Waals surface area (Å²) in [6.07, 6.45) is -7.49. The second kappa shape index (κ2) is 10.7. The van der Waals surface area contributed by atoms with Crippen LogP contribution in [0.2, 0.25) is 5.02 Å². The zero-order chi connectivity index (χ0) is 26.1. The van der Waals surface area contributed by atoms with Crippen molar-refractivity contribution in [2.45, 2.75) is 43.5 Å². The number of nitriles is 1. The fourth-order valence-electron chi connectivity index (χ4n) is 4.68. The molecule has 1 saturated heterocycles. The van der Waals surface area contributed by atoms with E-state index in [1.54, 1.807) is 54.6 Å². The molecule has 8 nitrogen and oxygen atoms in total. The number of carbonyl (C=O) groups is 1. The van der Waals surface area contributed by atoms with E-state index in [4.69, 9.17) is 16.3 Å². The van der Waals surface area contributed by atoms with Gasteiger partial charge in [-0.3, -0.25) is 4.79 Å². The third-order valence-corrected chi connectivity index (χ3v) is 7.12. The van der Waals surface area contributed by atoms with Crippen LogP contribution in [0.4, 0.5) is 0 Å². The Bertz CT molecular complexity index is 1240. The number of thiol groups is 1. The van der Waals surface area contributed by atoms with Gasteiger partial charge in [0.1, 0.15) is 24.4 Å². The second-order valence-electron chi connectivity index (χ2n) is 8.61. The first-order valence-corrected chi connectivity index (χ1v) is 12.0. The lowest BCUT2D eigenvalue weighted by Gasteiger charge is -2.48. The molecule has 6 atom stereocenters.